The molecule has 2 aromatic rings. The van der Waals surface area contributed by atoms with Gasteiger partial charge in [-0.05, 0) is 30.4 Å². The van der Waals surface area contributed by atoms with Crippen LogP contribution in [-0.2, 0) is 0 Å². The summed E-state index contributed by atoms with van der Waals surface area (Å²) in [4.78, 5) is 5.35. The lowest BCUT2D eigenvalue weighted by molar-refractivity contribution is 0.449. The van der Waals surface area contributed by atoms with Crippen molar-refractivity contribution in [3.8, 4) is 6.07 Å². The summed E-state index contributed by atoms with van der Waals surface area (Å²) >= 11 is 1.65. The fraction of sp³-hybridized carbons (Fsp3) is 0.375. The van der Waals surface area contributed by atoms with Gasteiger partial charge in [0, 0.05) is 17.0 Å². The Morgan fingerprint density at radius 1 is 1.33 bits per heavy atom. The van der Waals surface area contributed by atoms with Crippen LogP contribution in [-0.4, -0.2) is 11.0 Å². The van der Waals surface area contributed by atoms with Crippen molar-refractivity contribution in [3.05, 3.63) is 34.0 Å². The van der Waals surface area contributed by atoms with Crippen LogP contribution in [0.1, 0.15) is 48.6 Å². The third-order valence-electron chi connectivity index (χ3n) is 3.62. The average Bonchev–Trinajstić information content (AvgIpc) is 3.15. The predicted octanol–water partition coefficient (Wildman–Crippen LogP) is 4.52. The minimum atomic E-state index is 0.339. The van der Waals surface area contributed by atoms with Gasteiger partial charge in [-0.25, -0.2) is 0 Å². The minimum Gasteiger partial charge on any atom is -0.420 e. The molecule has 5 heteroatoms. The molecule has 0 amide bonds. The largest absolute Gasteiger partial charge is 0.420 e. The van der Waals surface area contributed by atoms with Gasteiger partial charge in [0.15, 0.2) is 0 Å². The van der Waals surface area contributed by atoms with E-state index in [1.807, 2.05) is 23.6 Å². The average molecular weight is 299 g/mol. The third kappa shape index (κ3) is 3.53. The Kier molecular flexibility index (Phi) is 4.37. The van der Waals surface area contributed by atoms with Gasteiger partial charge in [0.1, 0.15) is 6.07 Å². The van der Waals surface area contributed by atoms with Gasteiger partial charge in [0.2, 0.25) is 17.5 Å². The lowest BCUT2D eigenvalue weighted by Crippen LogP contribution is -2.22. The smallest absolute Gasteiger partial charge is 0.232 e. The Hall–Kier alpha value is -2.06. The first kappa shape index (κ1) is 13.9. The summed E-state index contributed by atoms with van der Waals surface area (Å²) in [7, 11) is 0. The number of oxazole rings is 1. The molecule has 0 unspecified atom stereocenters. The SMILES string of the molecule is N#Cc1nc(/C=C/c2cccs2)oc1NC1CCCCC1. The van der Waals surface area contributed by atoms with E-state index in [1.165, 1.54) is 19.3 Å². The van der Waals surface area contributed by atoms with Crippen LogP contribution >= 0.6 is 11.3 Å². The van der Waals surface area contributed by atoms with Gasteiger partial charge in [0.05, 0.1) is 0 Å². The molecule has 1 saturated carbocycles. The second kappa shape index (κ2) is 6.59. The second-order valence-electron chi connectivity index (χ2n) is 5.17. The molecule has 2 heterocycles. The zero-order chi connectivity index (χ0) is 14.5. The monoisotopic (exact) mass is 299 g/mol. The van der Waals surface area contributed by atoms with Crippen LogP contribution in [0.4, 0.5) is 5.88 Å². The maximum Gasteiger partial charge on any atom is 0.232 e. The van der Waals surface area contributed by atoms with Crippen molar-refractivity contribution in [1.82, 2.24) is 4.98 Å². The molecule has 0 bridgehead atoms. The summed E-state index contributed by atoms with van der Waals surface area (Å²) < 4.78 is 5.68. The highest BCUT2D eigenvalue weighted by atomic mass is 32.1. The van der Waals surface area contributed by atoms with Crippen LogP contribution in [0.3, 0.4) is 0 Å². The quantitative estimate of drug-likeness (QED) is 0.901. The molecule has 3 rings (SSSR count). The molecule has 0 radical (unpaired) electrons. The van der Waals surface area contributed by atoms with Crippen molar-refractivity contribution in [2.24, 2.45) is 0 Å². The van der Waals surface area contributed by atoms with Crippen molar-refractivity contribution >= 4 is 29.4 Å². The summed E-state index contributed by atoms with van der Waals surface area (Å²) in [5, 5.41) is 14.5. The molecular formula is C16H17N3OS. The Morgan fingerprint density at radius 2 is 2.19 bits per heavy atom. The van der Waals surface area contributed by atoms with Crippen molar-refractivity contribution in [2.45, 2.75) is 38.1 Å². The molecule has 0 aliphatic heterocycles. The molecule has 0 aromatic carbocycles. The van der Waals surface area contributed by atoms with Crippen molar-refractivity contribution < 1.29 is 4.42 Å². The highest BCUT2D eigenvalue weighted by Gasteiger charge is 2.18. The summed E-state index contributed by atoms with van der Waals surface area (Å²) in [5.41, 5.74) is 0.339. The first-order valence-corrected chi connectivity index (χ1v) is 8.12. The normalized spacial score (nSPS) is 16.1. The first-order valence-electron chi connectivity index (χ1n) is 7.24. The van der Waals surface area contributed by atoms with Gasteiger partial charge in [-0.15, -0.1) is 11.3 Å². The number of thiophene rings is 1. The van der Waals surface area contributed by atoms with Gasteiger partial charge < -0.3 is 9.73 Å². The molecule has 0 saturated heterocycles. The number of nitrogens with one attached hydrogen (secondary N) is 1. The summed E-state index contributed by atoms with van der Waals surface area (Å²) in [6.45, 7) is 0. The topological polar surface area (TPSA) is 61.9 Å². The van der Waals surface area contributed by atoms with E-state index in [1.54, 1.807) is 17.4 Å². The molecule has 2 aromatic heterocycles. The number of anilines is 1. The van der Waals surface area contributed by atoms with Crippen molar-refractivity contribution in [3.63, 3.8) is 0 Å². The van der Waals surface area contributed by atoms with Gasteiger partial charge in [-0.2, -0.15) is 10.2 Å². The Balaban J connectivity index is 1.73. The van der Waals surface area contributed by atoms with E-state index in [4.69, 9.17) is 4.42 Å². The van der Waals surface area contributed by atoms with Crippen LogP contribution in [0.5, 0.6) is 0 Å². The summed E-state index contributed by atoms with van der Waals surface area (Å²) in [5.74, 6) is 0.980. The van der Waals surface area contributed by atoms with Gasteiger partial charge in [-0.1, -0.05) is 25.3 Å². The fourth-order valence-corrected chi connectivity index (χ4v) is 3.17. The summed E-state index contributed by atoms with van der Waals surface area (Å²) in [6, 6.07) is 6.52. The number of nitrogens with zero attached hydrogens (tertiary/aromatic N) is 2. The maximum absolute atomic E-state index is 9.18. The van der Waals surface area contributed by atoms with Crippen LogP contribution in [0.2, 0.25) is 0 Å². The molecule has 1 aliphatic rings. The van der Waals surface area contributed by atoms with Gasteiger partial charge >= 0.3 is 0 Å². The highest BCUT2D eigenvalue weighted by Crippen LogP contribution is 2.25. The lowest BCUT2D eigenvalue weighted by atomic mass is 9.95. The molecule has 0 spiro atoms. The third-order valence-corrected chi connectivity index (χ3v) is 4.46. The standard InChI is InChI=1S/C16H17N3OS/c17-11-14-16(18-12-5-2-1-3-6-12)20-15(19-14)9-8-13-7-4-10-21-13/h4,7-10,12,18H,1-3,5-6H2/b9-8+. The first-order chi connectivity index (χ1) is 10.3. The number of aromatic nitrogens is 1. The molecule has 21 heavy (non-hydrogen) atoms. The molecule has 108 valence electrons. The molecule has 4 nitrogen and oxygen atoms in total. The molecule has 0 atom stereocenters. The van der Waals surface area contributed by atoms with Gasteiger partial charge in [0.25, 0.3) is 0 Å². The Labute approximate surface area is 128 Å². The van der Waals surface area contributed by atoms with Crippen molar-refractivity contribution in [2.75, 3.05) is 5.32 Å². The Morgan fingerprint density at radius 3 is 2.90 bits per heavy atom. The van der Waals surface area contributed by atoms with Gasteiger partial charge in [-0.3, -0.25) is 0 Å². The van der Waals surface area contributed by atoms with E-state index in [0.29, 0.717) is 23.5 Å². The number of hydrogen-bond donors (Lipinski definition) is 1. The predicted molar refractivity (Wildman–Crippen MR) is 85.0 cm³/mol. The van der Waals surface area contributed by atoms with Crippen LogP contribution < -0.4 is 5.32 Å². The molecular weight excluding hydrogens is 282 g/mol. The van der Waals surface area contributed by atoms with E-state index in [2.05, 4.69) is 16.4 Å². The molecule has 1 fully saturated rings. The lowest BCUT2D eigenvalue weighted by Gasteiger charge is -2.22. The van der Waals surface area contributed by atoms with Crippen molar-refractivity contribution in [1.29, 1.82) is 5.26 Å². The Bertz CT molecular complexity index is 646. The van der Waals surface area contributed by atoms with E-state index < -0.39 is 0 Å². The summed E-state index contributed by atoms with van der Waals surface area (Å²) in [6.07, 6.45) is 9.78. The zero-order valence-corrected chi connectivity index (χ0v) is 12.5. The number of nitriles is 1. The van der Waals surface area contributed by atoms with Crippen LogP contribution in [0, 0.1) is 11.3 Å². The van der Waals surface area contributed by atoms with Crippen LogP contribution in [0.15, 0.2) is 21.9 Å². The number of rotatable bonds is 4. The zero-order valence-electron chi connectivity index (χ0n) is 11.7. The van der Waals surface area contributed by atoms with E-state index >= 15 is 0 Å². The minimum absolute atomic E-state index is 0.339. The maximum atomic E-state index is 9.18. The molecule has 1 aliphatic carbocycles. The second-order valence-corrected chi connectivity index (χ2v) is 6.15. The van der Waals surface area contributed by atoms with E-state index in [-0.39, 0.29) is 0 Å². The molecule has 1 N–H and O–H groups in total. The fourth-order valence-electron chi connectivity index (χ4n) is 2.55. The number of hydrogen-bond acceptors (Lipinski definition) is 5. The van der Waals surface area contributed by atoms with Crippen LogP contribution in [0.25, 0.3) is 12.2 Å². The van der Waals surface area contributed by atoms with E-state index in [0.717, 1.165) is 17.7 Å². The van der Waals surface area contributed by atoms with E-state index in [9.17, 15) is 5.26 Å². The highest BCUT2D eigenvalue weighted by molar-refractivity contribution is 7.10.